The molecule has 0 fully saturated rings. The van der Waals surface area contributed by atoms with Gasteiger partial charge >= 0.3 is 0 Å². The maximum Gasteiger partial charge on any atom is 0.275 e. The molecule has 3 rings (SSSR count). The lowest BCUT2D eigenvalue weighted by Gasteiger charge is -2.05. The third-order valence-corrected chi connectivity index (χ3v) is 4.66. The van der Waals surface area contributed by atoms with Gasteiger partial charge in [0, 0.05) is 9.75 Å². The number of hydrogen-bond acceptors (Lipinski definition) is 4. The number of aryl methyl sites for hydroxylation is 1. The van der Waals surface area contributed by atoms with Gasteiger partial charge in [0.15, 0.2) is 0 Å². The van der Waals surface area contributed by atoms with Crippen LogP contribution in [0.2, 0.25) is 0 Å². The van der Waals surface area contributed by atoms with E-state index in [1.165, 1.54) is 4.88 Å². The smallest absolute Gasteiger partial charge is 0.275 e. The fraction of sp³-hybridized carbons (Fsp3) is 0.111. The Balaban J connectivity index is 1.76. The van der Waals surface area contributed by atoms with Crippen molar-refractivity contribution in [3.63, 3.8) is 0 Å². The Kier molecular flexibility index (Phi) is 4.39. The zero-order valence-corrected chi connectivity index (χ0v) is 13.4. The predicted molar refractivity (Wildman–Crippen MR) is 94.4 cm³/mol. The molecule has 1 aromatic heterocycles. The summed E-state index contributed by atoms with van der Waals surface area (Å²) < 4.78 is 0. The first-order chi connectivity index (χ1) is 11.2. The van der Waals surface area contributed by atoms with Gasteiger partial charge in [0.05, 0.1) is 11.8 Å². The van der Waals surface area contributed by atoms with E-state index in [9.17, 15) is 9.90 Å². The molecule has 0 atom stereocenters. The van der Waals surface area contributed by atoms with E-state index in [-0.39, 0.29) is 11.3 Å². The Labute approximate surface area is 138 Å². The summed E-state index contributed by atoms with van der Waals surface area (Å²) >= 11 is 1.64. The maximum absolute atomic E-state index is 12.2. The molecular formula is C18H16N2O2S. The molecule has 0 aliphatic rings. The van der Waals surface area contributed by atoms with Crippen LogP contribution in [0.25, 0.3) is 10.8 Å². The largest absolute Gasteiger partial charge is 0.507 e. The number of hydrogen-bond donors (Lipinski definition) is 2. The normalized spacial score (nSPS) is 11.2. The number of phenols is 1. The highest BCUT2D eigenvalue weighted by molar-refractivity contribution is 7.13. The number of aromatic hydroxyl groups is 1. The van der Waals surface area contributed by atoms with Crippen LogP contribution in [0.3, 0.4) is 0 Å². The minimum Gasteiger partial charge on any atom is -0.507 e. The number of phenolic OH excluding ortho intramolecular Hbond substituents is 1. The first-order valence-electron chi connectivity index (χ1n) is 7.31. The van der Waals surface area contributed by atoms with Crippen molar-refractivity contribution in [3.05, 3.63) is 63.8 Å². The lowest BCUT2D eigenvalue weighted by molar-refractivity contribution is 0.0952. The highest BCUT2D eigenvalue weighted by Crippen LogP contribution is 2.24. The average Bonchev–Trinajstić information content (AvgIpc) is 3.02. The van der Waals surface area contributed by atoms with E-state index in [1.807, 2.05) is 36.4 Å². The molecule has 2 N–H and O–H groups in total. The monoisotopic (exact) mass is 324 g/mol. The Morgan fingerprint density at radius 2 is 1.96 bits per heavy atom. The predicted octanol–water partition coefficient (Wildman–Crippen LogP) is 3.93. The second-order valence-electron chi connectivity index (χ2n) is 5.07. The molecule has 0 aliphatic heterocycles. The second kappa shape index (κ2) is 6.62. The van der Waals surface area contributed by atoms with E-state index >= 15 is 0 Å². The van der Waals surface area contributed by atoms with Gasteiger partial charge in [-0.15, -0.1) is 11.3 Å². The fourth-order valence-electron chi connectivity index (χ4n) is 2.28. The van der Waals surface area contributed by atoms with E-state index in [2.05, 4.69) is 17.5 Å². The minimum atomic E-state index is -0.434. The van der Waals surface area contributed by atoms with Gasteiger partial charge in [-0.05, 0) is 41.5 Å². The van der Waals surface area contributed by atoms with Crippen molar-refractivity contribution in [3.8, 4) is 5.75 Å². The quantitative estimate of drug-likeness (QED) is 0.564. The van der Waals surface area contributed by atoms with Crippen molar-refractivity contribution in [2.75, 3.05) is 0 Å². The number of benzene rings is 2. The maximum atomic E-state index is 12.2. The number of nitrogens with zero attached hydrogens (tertiary/aromatic N) is 1. The number of rotatable bonds is 4. The van der Waals surface area contributed by atoms with Crippen LogP contribution < -0.4 is 5.43 Å². The van der Waals surface area contributed by atoms with Crippen molar-refractivity contribution in [2.24, 2.45) is 5.10 Å². The van der Waals surface area contributed by atoms with E-state index in [0.717, 1.165) is 22.1 Å². The summed E-state index contributed by atoms with van der Waals surface area (Å²) in [6.07, 6.45) is 2.59. The molecule has 5 heteroatoms. The fourth-order valence-corrected chi connectivity index (χ4v) is 3.10. The molecule has 0 spiro atoms. The average molecular weight is 324 g/mol. The minimum absolute atomic E-state index is 0.0548. The van der Waals surface area contributed by atoms with Gasteiger partial charge in [0.1, 0.15) is 5.75 Å². The zero-order chi connectivity index (χ0) is 16.2. The number of amides is 1. The second-order valence-corrected chi connectivity index (χ2v) is 6.27. The summed E-state index contributed by atoms with van der Waals surface area (Å²) in [5, 5.41) is 15.8. The van der Waals surface area contributed by atoms with Crippen LogP contribution in [0.15, 0.2) is 53.6 Å². The van der Waals surface area contributed by atoms with Crippen molar-refractivity contribution in [2.45, 2.75) is 13.3 Å². The highest BCUT2D eigenvalue weighted by Gasteiger charge is 2.11. The lowest BCUT2D eigenvalue weighted by atomic mass is 10.1. The van der Waals surface area contributed by atoms with Gasteiger partial charge in [-0.2, -0.15) is 5.10 Å². The van der Waals surface area contributed by atoms with Crippen molar-refractivity contribution in [1.29, 1.82) is 0 Å². The number of hydrazone groups is 1. The summed E-state index contributed by atoms with van der Waals surface area (Å²) in [5.41, 5.74) is 2.67. The molecule has 0 aliphatic carbocycles. The van der Waals surface area contributed by atoms with Crippen LogP contribution in [-0.2, 0) is 6.42 Å². The van der Waals surface area contributed by atoms with Crippen LogP contribution in [0.4, 0.5) is 0 Å². The molecular weight excluding hydrogens is 308 g/mol. The highest BCUT2D eigenvalue weighted by atomic mass is 32.1. The molecule has 0 radical (unpaired) electrons. The van der Waals surface area contributed by atoms with Gasteiger partial charge in [0.2, 0.25) is 0 Å². The van der Waals surface area contributed by atoms with Crippen LogP contribution in [0.1, 0.15) is 27.0 Å². The van der Waals surface area contributed by atoms with Crippen LogP contribution in [-0.4, -0.2) is 17.2 Å². The Morgan fingerprint density at radius 3 is 2.65 bits per heavy atom. The summed E-state index contributed by atoms with van der Waals surface area (Å²) in [5.74, 6) is -0.488. The van der Waals surface area contributed by atoms with Crippen LogP contribution in [0.5, 0.6) is 5.75 Å². The molecule has 0 unspecified atom stereocenters. The zero-order valence-electron chi connectivity index (χ0n) is 12.6. The molecule has 0 bridgehead atoms. The summed E-state index contributed by atoms with van der Waals surface area (Å²) in [7, 11) is 0. The number of fused-ring (bicyclic) bond motifs is 1. The number of thiophene rings is 1. The van der Waals surface area contributed by atoms with E-state index in [0.29, 0.717) is 0 Å². The SMILES string of the molecule is CCc1ccc(C=NNC(=O)c2cc3ccccc3cc2O)s1. The summed E-state index contributed by atoms with van der Waals surface area (Å²) in [4.78, 5) is 14.4. The van der Waals surface area contributed by atoms with Gasteiger partial charge in [-0.3, -0.25) is 4.79 Å². The third kappa shape index (κ3) is 3.40. The van der Waals surface area contributed by atoms with Crippen LogP contribution in [0, 0.1) is 0 Å². The summed E-state index contributed by atoms with van der Waals surface area (Å²) in [6.45, 7) is 2.09. The molecule has 2 aromatic carbocycles. The van der Waals surface area contributed by atoms with Gasteiger partial charge in [0.25, 0.3) is 5.91 Å². The Bertz CT molecular complexity index is 884. The van der Waals surface area contributed by atoms with Crippen LogP contribution >= 0.6 is 11.3 Å². The Morgan fingerprint density at radius 1 is 1.22 bits per heavy atom. The molecule has 1 heterocycles. The lowest BCUT2D eigenvalue weighted by Crippen LogP contribution is -2.17. The third-order valence-electron chi connectivity index (χ3n) is 3.50. The number of carbonyl (C=O) groups excluding carboxylic acids is 1. The van der Waals surface area contributed by atoms with Gasteiger partial charge in [-0.1, -0.05) is 31.2 Å². The van der Waals surface area contributed by atoms with Crippen molar-refractivity contribution in [1.82, 2.24) is 5.43 Å². The van der Waals surface area contributed by atoms with Crippen molar-refractivity contribution < 1.29 is 9.90 Å². The molecule has 116 valence electrons. The molecule has 0 saturated heterocycles. The molecule has 0 saturated carbocycles. The molecule has 23 heavy (non-hydrogen) atoms. The summed E-state index contributed by atoms with van der Waals surface area (Å²) in [6, 6.07) is 14.8. The first kappa shape index (κ1) is 15.2. The molecule has 1 amide bonds. The Hall–Kier alpha value is -2.66. The number of nitrogens with one attached hydrogen (secondary N) is 1. The first-order valence-corrected chi connectivity index (χ1v) is 8.13. The van der Waals surface area contributed by atoms with E-state index in [4.69, 9.17) is 0 Å². The van der Waals surface area contributed by atoms with Gasteiger partial charge < -0.3 is 5.11 Å². The van der Waals surface area contributed by atoms with E-state index in [1.54, 1.807) is 29.7 Å². The molecule has 4 nitrogen and oxygen atoms in total. The van der Waals surface area contributed by atoms with E-state index < -0.39 is 5.91 Å². The number of carbonyl (C=O) groups is 1. The van der Waals surface area contributed by atoms with Crippen molar-refractivity contribution >= 4 is 34.2 Å². The topological polar surface area (TPSA) is 61.7 Å². The van der Waals surface area contributed by atoms with Gasteiger partial charge in [-0.25, -0.2) is 5.43 Å². The molecule has 3 aromatic rings. The standard InChI is InChI=1S/C18H16N2O2S/c1-2-14-7-8-15(23-14)11-19-20-18(22)16-9-12-5-3-4-6-13(12)10-17(16)21/h3-11,21H,2H2,1H3,(H,20,22).